The number of rotatable bonds is 10. The molecule has 4 rings (SSSR count). The van der Waals surface area contributed by atoms with Gasteiger partial charge in [0.1, 0.15) is 29.8 Å². The lowest BCUT2D eigenvalue weighted by molar-refractivity contribution is 0.0930. The molecule has 0 spiro atoms. The van der Waals surface area contributed by atoms with Crippen molar-refractivity contribution in [3.8, 4) is 22.5 Å². The van der Waals surface area contributed by atoms with Crippen LogP contribution in [-0.4, -0.2) is 45.5 Å². The Morgan fingerprint density at radius 1 is 1.08 bits per heavy atom. The molecule has 1 amide bonds. The Kier molecular flexibility index (Phi) is 8.32. The van der Waals surface area contributed by atoms with Crippen LogP contribution in [0.1, 0.15) is 22.5 Å². The van der Waals surface area contributed by atoms with Crippen LogP contribution in [0.25, 0.3) is 22.5 Å². The molecule has 1 atom stereocenters. The molecule has 37 heavy (non-hydrogen) atoms. The van der Waals surface area contributed by atoms with Gasteiger partial charge < -0.3 is 15.2 Å². The molecule has 10 heteroatoms. The molecule has 2 N–H and O–H groups in total. The normalized spacial score (nSPS) is 11.9. The Morgan fingerprint density at radius 2 is 1.86 bits per heavy atom. The van der Waals surface area contributed by atoms with Gasteiger partial charge in [-0.1, -0.05) is 12.1 Å². The third-order valence-corrected chi connectivity index (χ3v) is 5.75. The monoisotopic (exact) mass is 510 g/mol. The van der Waals surface area contributed by atoms with Crippen molar-refractivity contribution in [3.05, 3.63) is 95.6 Å². The van der Waals surface area contributed by atoms with Crippen LogP contribution in [0.15, 0.2) is 66.9 Å². The Morgan fingerprint density at radius 3 is 2.54 bits per heavy atom. The topological polar surface area (TPSA) is 89.3 Å². The van der Waals surface area contributed by atoms with Gasteiger partial charge >= 0.3 is 0 Å². The van der Waals surface area contributed by atoms with Crippen LogP contribution in [0.4, 0.5) is 13.2 Å². The third-order valence-electron chi connectivity index (χ3n) is 5.75. The van der Waals surface area contributed by atoms with E-state index >= 15 is 8.78 Å². The number of halogens is 3. The molecule has 192 valence electrons. The number of aliphatic hydroxyl groups excluding tert-OH is 1. The van der Waals surface area contributed by atoms with Gasteiger partial charge in [0, 0.05) is 43.6 Å². The summed E-state index contributed by atoms with van der Waals surface area (Å²) in [4.78, 5) is 17.5. The minimum Gasteiger partial charge on any atom is -0.396 e. The van der Waals surface area contributed by atoms with E-state index in [1.54, 1.807) is 18.3 Å². The van der Waals surface area contributed by atoms with Gasteiger partial charge in [-0.25, -0.2) is 17.9 Å². The van der Waals surface area contributed by atoms with Gasteiger partial charge in [0.2, 0.25) is 0 Å². The van der Waals surface area contributed by atoms with Crippen molar-refractivity contribution in [1.29, 1.82) is 0 Å². The molecule has 7 nitrogen and oxygen atoms in total. The number of carbonyl (C=O) groups excluding carboxylic acids is 1. The number of pyridine rings is 1. The van der Waals surface area contributed by atoms with Gasteiger partial charge in [-0.05, 0) is 55.0 Å². The summed E-state index contributed by atoms with van der Waals surface area (Å²) < 4.78 is 50.7. The lowest BCUT2D eigenvalue weighted by Crippen LogP contribution is -2.37. The standard InChI is InChI=1S/C27H25F3N4O3/c1-37-16-34-26(17-8-10-18(28)11-9-17)24(30)25(33-34)23-21(6-4-7-22(23)29)27(36)32-20(12-14-35)15-19-5-2-3-13-31-19/h2-11,13,20,35H,12,14-16H2,1H3,(H,32,36). The molecule has 0 fully saturated rings. The van der Waals surface area contributed by atoms with Crippen LogP contribution < -0.4 is 5.32 Å². The van der Waals surface area contributed by atoms with E-state index in [1.165, 1.54) is 48.2 Å². The van der Waals surface area contributed by atoms with Crippen LogP contribution in [0.5, 0.6) is 0 Å². The molecule has 0 aliphatic heterocycles. The number of hydrogen-bond donors (Lipinski definition) is 2. The van der Waals surface area contributed by atoms with E-state index < -0.39 is 29.4 Å². The Bertz CT molecular complexity index is 1360. The number of carbonyl (C=O) groups is 1. The van der Waals surface area contributed by atoms with Crippen LogP contribution in [0.3, 0.4) is 0 Å². The zero-order valence-electron chi connectivity index (χ0n) is 20.0. The average molecular weight is 511 g/mol. The molecular weight excluding hydrogens is 485 g/mol. The summed E-state index contributed by atoms with van der Waals surface area (Å²) in [6, 6.07) is 13.8. The maximum Gasteiger partial charge on any atom is 0.252 e. The lowest BCUT2D eigenvalue weighted by atomic mass is 10.00. The first kappa shape index (κ1) is 26.1. The molecule has 0 saturated carbocycles. The number of aromatic nitrogens is 3. The van der Waals surface area contributed by atoms with Gasteiger partial charge in [-0.3, -0.25) is 9.78 Å². The van der Waals surface area contributed by atoms with E-state index in [1.807, 2.05) is 6.07 Å². The summed E-state index contributed by atoms with van der Waals surface area (Å²) in [5, 5.41) is 16.5. The Balaban J connectivity index is 1.73. The van der Waals surface area contributed by atoms with E-state index in [2.05, 4.69) is 15.4 Å². The number of ether oxygens (including phenoxy) is 1. The first-order chi connectivity index (χ1) is 17.9. The minimum absolute atomic E-state index is 0.0419. The van der Waals surface area contributed by atoms with E-state index in [0.29, 0.717) is 17.7 Å². The van der Waals surface area contributed by atoms with Crippen molar-refractivity contribution < 1.29 is 27.8 Å². The summed E-state index contributed by atoms with van der Waals surface area (Å²) >= 11 is 0. The molecule has 4 aromatic rings. The molecule has 2 aromatic carbocycles. The van der Waals surface area contributed by atoms with Crippen LogP contribution in [0, 0.1) is 17.5 Å². The number of aliphatic hydroxyl groups is 1. The van der Waals surface area contributed by atoms with Gasteiger partial charge in [-0.2, -0.15) is 5.10 Å². The minimum atomic E-state index is -0.886. The highest BCUT2D eigenvalue weighted by molar-refractivity contribution is 6.01. The second kappa shape index (κ2) is 11.8. The highest BCUT2D eigenvalue weighted by Gasteiger charge is 2.28. The number of hydrogen-bond acceptors (Lipinski definition) is 5. The van der Waals surface area contributed by atoms with Gasteiger partial charge in [0.25, 0.3) is 5.91 Å². The molecule has 2 aromatic heterocycles. The van der Waals surface area contributed by atoms with Crippen molar-refractivity contribution >= 4 is 5.91 Å². The smallest absolute Gasteiger partial charge is 0.252 e. The predicted octanol–water partition coefficient (Wildman–Crippen LogP) is 4.36. The van der Waals surface area contributed by atoms with Crippen LogP contribution in [-0.2, 0) is 17.9 Å². The van der Waals surface area contributed by atoms with Gasteiger partial charge in [0.15, 0.2) is 5.82 Å². The highest BCUT2D eigenvalue weighted by Crippen LogP contribution is 2.34. The molecule has 0 radical (unpaired) electrons. The molecule has 2 heterocycles. The van der Waals surface area contributed by atoms with E-state index in [9.17, 15) is 14.3 Å². The van der Waals surface area contributed by atoms with Crippen molar-refractivity contribution in [2.45, 2.75) is 25.6 Å². The SMILES string of the molecule is COCn1nc(-c2c(F)cccc2C(=O)NC(CCO)Cc2ccccn2)c(F)c1-c1ccc(F)cc1. The molecule has 1 unspecified atom stereocenters. The number of nitrogens with zero attached hydrogens (tertiary/aromatic N) is 3. The van der Waals surface area contributed by atoms with Crippen LogP contribution in [0.2, 0.25) is 0 Å². The molecule has 0 bridgehead atoms. The second-order valence-corrected chi connectivity index (χ2v) is 8.31. The van der Waals surface area contributed by atoms with Crippen molar-refractivity contribution in [3.63, 3.8) is 0 Å². The van der Waals surface area contributed by atoms with Gasteiger partial charge in [-0.15, -0.1) is 0 Å². The zero-order valence-corrected chi connectivity index (χ0v) is 20.0. The molecule has 0 aliphatic carbocycles. The van der Waals surface area contributed by atoms with Crippen molar-refractivity contribution in [2.75, 3.05) is 13.7 Å². The number of nitrogens with one attached hydrogen (secondary N) is 1. The average Bonchev–Trinajstić information content (AvgIpc) is 3.20. The third kappa shape index (κ3) is 5.87. The fourth-order valence-corrected chi connectivity index (χ4v) is 4.07. The van der Waals surface area contributed by atoms with E-state index in [-0.39, 0.29) is 42.3 Å². The summed E-state index contributed by atoms with van der Waals surface area (Å²) in [6.45, 7) is -0.354. The van der Waals surface area contributed by atoms with Crippen LogP contribution >= 0.6 is 0 Å². The number of methoxy groups -OCH3 is 1. The zero-order chi connectivity index (χ0) is 26.4. The number of amides is 1. The van der Waals surface area contributed by atoms with Crippen molar-refractivity contribution in [2.24, 2.45) is 0 Å². The lowest BCUT2D eigenvalue weighted by Gasteiger charge is -2.18. The second-order valence-electron chi connectivity index (χ2n) is 8.31. The molecule has 0 aliphatic rings. The summed E-state index contributed by atoms with van der Waals surface area (Å²) in [6.07, 6.45) is 2.19. The summed E-state index contributed by atoms with van der Waals surface area (Å²) in [7, 11) is 1.39. The quantitative estimate of drug-likeness (QED) is 0.331. The predicted molar refractivity (Wildman–Crippen MR) is 131 cm³/mol. The van der Waals surface area contributed by atoms with E-state index in [4.69, 9.17) is 4.74 Å². The van der Waals surface area contributed by atoms with Gasteiger partial charge in [0.05, 0.1) is 11.1 Å². The maximum atomic E-state index is 15.8. The molecular formula is C27H25F3N4O3. The Hall–Kier alpha value is -4.02. The number of benzene rings is 2. The summed E-state index contributed by atoms with van der Waals surface area (Å²) in [5.41, 5.74) is 0.124. The highest BCUT2D eigenvalue weighted by atomic mass is 19.1. The first-order valence-corrected chi connectivity index (χ1v) is 11.5. The largest absolute Gasteiger partial charge is 0.396 e. The fourth-order valence-electron chi connectivity index (χ4n) is 4.07. The van der Waals surface area contributed by atoms with Crippen molar-refractivity contribution in [1.82, 2.24) is 20.1 Å². The first-order valence-electron chi connectivity index (χ1n) is 11.5. The summed E-state index contributed by atoms with van der Waals surface area (Å²) in [5.74, 6) is -2.89. The van der Waals surface area contributed by atoms with E-state index in [0.717, 1.165) is 6.07 Å². The molecule has 0 saturated heterocycles. The maximum absolute atomic E-state index is 15.8. The fraction of sp³-hybridized carbons (Fsp3) is 0.222. The Labute approximate surface area is 211 Å².